The van der Waals surface area contributed by atoms with Crippen molar-refractivity contribution in [1.29, 1.82) is 0 Å². The topological polar surface area (TPSA) is 67.2 Å². The average Bonchev–Trinajstić information content (AvgIpc) is 3.42. The summed E-state index contributed by atoms with van der Waals surface area (Å²) in [6.07, 6.45) is 4.74. The van der Waals surface area contributed by atoms with E-state index in [9.17, 15) is 4.79 Å². The van der Waals surface area contributed by atoms with E-state index in [1.165, 1.54) is 33.3 Å². The molecule has 0 unspecified atom stereocenters. The summed E-state index contributed by atoms with van der Waals surface area (Å²) in [4.78, 5) is 18.3. The number of hydrogen-bond donors (Lipinski definition) is 0. The van der Waals surface area contributed by atoms with Gasteiger partial charge in [-0.25, -0.2) is 4.68 Å². The molecule has 1 saturated carbocycles. The molecule has 7 nitrogen and oxygen atoms in total. The van der Waals surface area contributed by atoms with Crippen molar-refractivity contribution in [2.24, 2.45) is 0 Å². The van der Waals surface area contributed by atoms with Crippen LogP contribution in [-0.4, -0.2) is 67.8 Å². The first-order chi connectivity index (χ1) is 13.2. The Morgan fingerprint density at radius 2 is 2.00 bits per heavy atom. The molecule has 1 amide bonds. The normalized spacial score (nSPS) is 19.1. The van der Waals surface area contributed by atoms with Crippen LogP contribution in [0.25, 0.3) is 0 Å². The van der Waals surface area contributed by atoms with E-state index in [1.54, 1.807) is 11.3 Å². The second-order valence-electron chi connectivity index (χ2n) is 7.00. The van der Waals surface area contributed by atoms with E-state index in [0.29, 0.717) is 11.8 Å². The van der Waals surface area contributed by atoms with Crippen LogP contribution in [0, 0.1) is 0 Å². The molecular formula is C17H23BrN6OS2. The molecule has 0 atom stereocenters. The lowest BCUT2D eigenvalue weighted by Crippen LogP contribution is -2.48. The van der Waals surface area contributed by atoms with E-state index in [2.05, 4.69) is 48.5 Å². The van der Waals surface area contributed by atoms with Crippen LogP contribution in [-0.2, 0) is 11.3 Å². The van der Waals surface area contributed by atoms with Crippen molar-refractivity contribution in [3.8, 4) is 0 Å². The first-order valence-corrected chi connectivity index (χ1v) is 11.9. The van der Waals surface area contributed by atoms with Gasteiger partial charge in [0.25, 0.3) is 0 Å². The average molecular weight is 471 g/mol. The fraction of sp³-hybridized carbons (Fsp3) is 0.647. The van der Waals surface area contributed by atoms with Crippen LogP contribution >= 0.6 is 39.0 Å². The van der Waals surface area contributed by atoms with Crippen LogP contribution < -0.4 is 0 Å². The molecule has 3 heterocycles. The van der Waals surface area contributed by atoms with Crippen LogP contribution in [0.2, 0.25) is 0 Å². The second kappa shape index (κ2) is 9.02. The fourth-order valence-corrected chi connectivity index (χ4v) is 6.06. The smallest absolute Gasteiger partial charge is 0.233 e. The lowest BCUT2D eigenvalue weighted by Gasteiger charge is -2.34. The van der Waals surface area contributed by atoms with Crippen molar-refractivity contribution in [2.45, 2.75) is 43.4 Å². The third kappa shape index (κ3) is 4.90. The van der Waals surface area contributed by atoms with Gasteiger partial charge < -0.3 is 4.90 Å². The molecule has 0 bridgehead atoms. The first kappa shape index (κ1) is 19.4. The van der Waals surface area contributed by atoms with E-state index < -0.39 is 0 Å². The molecule has 27 heavy (non-hydrogen) atoms. The van der Waals surface area contributed by atoms with Gasteiger partial charge in [-0.1, -0.05) is 24.6 Å². The molecule has 0 aromatic carbocycles. The van der Waals surface area contributed by atoms with Crippen LogP contribution in [0.4, 0.5) is 0 Å². The van der Waals surface area contributed by atoms with Crippen LogP contribution in [0.5, 0.6) is 0 Å². The minimum Gasteiger partial charge on any atom is -0.339 e. The van der Waals surface area contributed by atoms with E-state index >= 15 is 0 Å². The van der Waals surface area contributed by atoms with E-state index in [1.807, 2.05) is 9.58 Å². The van der Waals surface area contributed by atoms with Crippen molar-refractivity contribution in [1.82, 2.24) is 30.0 Å². The molecule has 10 heteroatoms. The number of aromatic nitrogens is 4. The summed E-state index contributed by atoms with van der Waals surface area (Å²) in [5, 5.41) is 12.9. The van der Waals surface area contributed by atoms with Crippen LogP contribution in [0.15, 0.2) is 21.1 Å². The zero-order chi connectivity index (χ0) is 18.6. The fourth-order valence-electron chi connectivity index (χ4n) is 3.69. The maximum Gasteiger partial charge on any atom is 0.233 e. The third-order valence-corrected chi connectivity index (χ3v) is 7.72. The number of hydrogen-bond acceptors (Lipinski definition) is 7. The van der Waals surface area contributed by atoms with Crippen LogP contribution in [0.3, 0.4) is 0 Å². The highest BCUT2D eigenvalue weighted by Gasteiger charge is 2.24. The Labute approximate surface area is 175 Å². The van der Waals surface area contributed by atoms with Gasteiger partial charge in [0, 0.05) is 37.6 Å². The van der Waals surface area contributed by atoms with Gasteiger partial charge >= 0.3 is 0 Å². The SMILES string of the molecule is O=C(CSc1nnnn1C1CCCC1)N1CCN(Cc2ccc(Br)s2)CC1. The molecule has 1 aliphatic heterocycles. The van der Waals surface area contributed by atoms with Gasteiger partial charge in [-0.05, 0) is 51.3 Å². The third-order valence-electron chi connectivity index (χ3n) is 5.19. The van der Waals surface area contributed by atoms with Crippen LogP contribution in [0.1, 0.15) is 36.6 Å². The Bertz CT molecular complexity index is 767. The summed E-state index contributed by atoms with van der Waals surface area (Å²) in [7, 11) is 0. The van der Waals surface area contributed by atoms with Crippen molar-refractivity contribution < 1.29 is 4.79 Å². The van der Waals surface area contributed by atoms with Crippen molar-refractivity contribution in [2.75, 3.05) is 31.9 Å². The van der Waals surface area contributed by atoms with Crippen molar-refractivity contribution in [3.05, 3.63) is 20.8 Å². The number of rotatable bonds is 6. The number of piperazine rings is 1. The lowest BCUT2D eigenvalue weighted by atomic mass is 10.3. The first-order valence-electron chi connectivity index (χ1n) is 9.34. The molecule has 146 valence electrons. The van der Waals surface area contributed by atoms with E-state index in [0.717, 1.165) is 50.7 Å². The summed E-state index contributed by atoms with van der Waals surface area (Å²) in [6.45, 7) is 4.39. The molecule has 2 aliphatic rings. The molecule has 1 saturated heterocycles. The predicted molar refractivity (Wildman–Crippen MR) is 110 cm³/mol. The largest absolute Gasteiger partial charge is 0.339 e. The molecule has 2 aromatic rings. The van der Waals surface area contributed by atoms with Crippen molar-refractivity contribution >= 4 is 44.9 Å². The molecular weight excluding hydrogens is 448 g/mol. The van der Waals surface area contributed by atoms with E-state index in [4.69, 9.17) is 0 Å². The summed E-state index contributed by atoms with van der Waals surface area (Å²) < 4.78 is 3.09. The lowest BCUT2D eigenvalue weighted by molar-refractivity contribution is -0.130. The van der Waals surface area contributed by atoms with Crippen molar-refractivity contribution in [3.63, 3.8) is 0 Å². The van der Waals surface area contributed by atoms with Gasteiger partial charge in [0.05, 0.1) is 15.6 Å². The highest BCUT2D eigenvalue weighted by atomic mass is 79.9. The standard InChI is InChI=1S/C17H23BrN6OS2/c18-15-6-5-14(27-15)11-22-7-9-23(10-8-22)16(25)12-26-17-19-20-21-24(17)13-3-1-2-4-13/h5-6,13H,1-4,7-12H2. The molecule has 2 aromatic heterocycles. The Hall–Kier alpha value is -0.970. The number of thiophene rings is 1. The Balaban J connectivity index is 1.23. The number of carbonyl (C=O) groups excluding carboxylic acids is 1. The number of thioether (sulfide) groups is 1. The minimum atomic E-state index is 0.180. The number of carbonyl (C=O) groups is 1. The molecule has 2 fully saturated rings. The van der Waals surface area contributed by atoms with E-state index in [-0.39, 0.29) is 5.91 Å². The summed E-state index contributed by atoms with van der Waals surface area (Å²) in [6, 6.07) is 4.66. The Kier molecular flexibility index (Phi) is 6.46. The number of amides is 1. The van der Waals surface area contributed by atoms with Gasteiger partial charge in [0.15, 0.2) is 0 Å². The Morgan fingerprint density at radius 3 is 2.70 bits per heavy atom. The monoisotopic (exact) mass is 470 g/mol. The quantitative estimate of drug-likeness (QED) is 0.604. The maximum absolute atomic E-state index is 12.6. The second-order valence-corrected chi connectivity index (χ2v) is 10.5. The highest BCUT2D eigenvalue weighted by molar-refractivity contribution is 9.11. The van der Waals surface area contributed by atoms with Gasteiger partial charge in [0.1, 0.15) is 0 Å². The molecule has 0 N–H and O–H groups in total. The zero-order valence-corrected chi connectivity index (χ0v) is 18.3. The molecule has 0 radical (unpaired) electrons. The summed E-state index contributed by atoms with van der Waals surface area (Å²) in [5.41, 5.74) is 0. The highest BCUT2D eigenvalue weighted by Crippen LogP contribution is 2.31. The van der Waals surface area contributed by atoms with Gasteiger partial charge in [-0.3, -0.25) is 9.69 Å². The minimum absolute atomic E-state index is 0.180. The summed E-state index contributed by atoms with van der Waals surface area (Å²) >= 11 is 6.76. The Morgan fingerprint density at radius 1 is 1.22 bits per heavy atom. The summed E-state index contributed by atoms with van der Waals surface area (Å²) in [5.74, 6) is 0.588. The number of tetrazole rings is 1. The van der Waals surface area contributed by atoms with Gasteiger partial charge in [-0.15, -0.1) is 16.4 Å². The molecule has 4 rings (SSSR count). The predicted octanol–water partition coefficient (Wildman–Crippen LogP) is 3.05. The molecule has 0 spiro atoms. The molecule has 1 aliphatic carbocycles. The number of halogens is 1. The van der Waals surface area contributed by atoms with Gasteiger partial charge in [-0.2, -0.15) is 0 Å². The number of nitrogens with zero attached hydrogens (tertiary/aromatic N) is 6. The zero-order valence-electron chi connectivity index (χ0n) is 15.1. The maximum atomic E-state index is 12.6. The van der Waals surface area contributed by atoms with Gasteiger partial charge in [0.2, 0.25) is 11.1 Å².